The van der Waals surface area contributed by atoms with E-state index in [0.29, 0.717) is 0 Å². The molecule has 5 nitrogen and oxygen atoms in total. The predicted octanol–water partition coefficient (Wildman–Crippen LogP) is 2.47. The van der Waals surface area contributed by atoms with Crippen LogP contribution in [0.4, 0.5) is 11.8 Å². The van der Waals surface area contributed by atoms with Gasteiger partial charge in [0.2, 0.25) is 5.95 Å². The van der Waals surface area contributed by atoms with E-state index in [4.69, 9.17) is 4.98 Å². The van der Waals surface area contributed by atoms with Gasteiger partial charge in [0.25, 0.3) is 0 Å². The van der Waals surface area contributed by atoms with Crippen molar-refractivity contribution in [2.45, 2.75) is 32.1 Å². The molecule has 0 radical (unpaired) electrons. The van der Waals surface area contributed by atoms with Crippen LogP contribution in [0.3, 0.4) is 0 Å². The fraction of sp³-hybridized carbons (Fsp3) is 0.765. The maximum atomic E-state index is 4.72. The zero-order chi connectivity index (χ0) is 15.4. The van der Waals surface area contributed by atoms with Crippen LogP contribution in [0.1, 0.15) is 32.1 Å². The fourth-order valence-electron chi connectivity index (χ4n) is 3.79. The number of nitrogens with zero attached hydrogens (tertiary/aromatic N) is 4. The van der Waals surface area contributed by atoms with Crippen LogP contribution >= 0.6 is 0 Å². The first kappa shape index (κ1) is 15.5. The topological polar surface area (TPSA) is 44.3 Å². The lowest BCUT2D eigenvalue weighted by atomic mass is 9.75. The molecule has 1 N–H and O–H groups in total. The number of hydrogen-bond acceptors (Lipinski definition) is 5. The Labute approximate surface area is 134 Å². The van der Waals surface area contributed by atoms with Gasteiger partial charge in [-0.15, -0.1) is 0 Å². The van der Waals surface area contributed by atoms with E-state index in [1.54, 1.807) is 0 Å². The lowest BCUT2D eigenvalue weighted by Gasteiger charge is -2.41. The number of fused-ring (bicyclic) bond motifs is 1. The number of rotatable bonds is 5. The third kappa shape index (κ3) is 3.88. The number of aromatic nitrogens is 2. The maximum absolute atomic E-state index is 4.72. The summed E-state index contributed by atoms with van der Waals surface area (Å²) in [5, 5.41) is 3.39. The molecule has 1 saturated heterocycles. The van der Waals surface area contributed by atoms with E-state index in [2.05, 4.69) is 34.2 Å². The highest BCUT2D eigenvalue weighted by atomic mass is 15.3. The molecule has 1 aliphatic carbocycles. The Morgan fingerprint density at radius 1 is 1.23 bits per heavy atom. The molecule has 2 fully saturated rings. The Kier molecular flexibility index (Phi) is 5.13. The fourth-order valence-corrected chi connectivity index (χ4v) is 3.79. The third-order valence-electron chi connectivity index (χ3n) is 5.08. The van der Waals surface area contributed by atoms with E-state index in [0.717, 1.165) is 49.8 Å². The van der Waals surface area contributed by atoms with Gasteiger partial charge in [0.1, 0.15) is 5.82 Å². The highest BCUT2D eigenvalue weighted by molar-refractivity contribution is 5.41. The standard InChI is InChI=1S/C17H29N5/c1-21(2)12-10-18-16-7-9-19-17(20-16)22-11-8-14-5-3-4-6-15(14)13-22/h7,9,14-15H,3-6,8,10-13H2,1-2H3,(H,18,19,20). The molecule has 1 aliphatic heterocycles. The quantitative estimate of drug-likeness (QED) is 0.905. The average Bonchev–Trinajstić information content (AvgIpc) is 2.54. The van der Waals surface area contributed by atoms with Gasteiger partial charge in [-0.25, -0.2) is 4.98 Å². The van der Waals surface area contributed by atoms with Gasteiger partial charge in [-0.1, -0.05) is 19.3 Å². The third-order valence-corrected chi connectivity index (χ3v) is 5.08. The van der Waals surface area contributed by atoms with Crippen LogP contribution in [0, 0.1) is 11.8 Å². The molecule has 2 aliphatic rings. The number of hydrogen-bond donors (Lipinski definition) is 1. The molecule has 2 heterocycles. The summed E-state index contributed by atoms with van der Waals surface area (Å²) in [7, 11) is 4.17. The van der Waals surface area contributed by atoms with E-state index in [9.17, 15) is 0 Å². The van der Waals surface area contributed by atoms with Gasteiger partial charge in [-0.3, -0.25) is 0 Å². The molecule has 1 aromatic heterocycles. The largest absolute Gasteiger partial charge is 0.369 e. The Morgan fingerprint density at radius 3 is 2.86 bits per heavy atom. The van der Waals surface area contributed by atoms with Gasteiger partial charge >= 0.3 is 0 Å². The lowest BCUT2D eigenvalue weighted by Crippen LogP contribution is -2.42. The molecule has 3 rings (SSSR count). The van der Waals surface area contributed by atoms with E-state index >= 15 is 0 Å². The van der Waals surface area contributed by atoms with Crippen molar-refractivity contribution < 1.29 is 0 Å². The second kappa shape index (κ2) is 7.27. The molecule has 2 atom stereocenters. The Bertz CT molecular complexity index is 476. The van der Waals surface area contributed by atoms with Crippen molar-refractivity contribution in [3.05, 3.63) is 12.3 Å². The van der Waals surface area contributed by atoms with E-state index in [-0.39, 0.29) is 0 Å². The van der Waals surface area contributed by atoms with Crippen molar-refractivity contribution in [3.63, 3.8) is 0 Å². The lowest BCUT2D eigenvalue weighted by molar-refractivity contribution is 0.201. The second-order valence-corrected chi connectivity index (χ2v) is 7.01. The van der Waals surface area contributed by atoms with Crippen molar-refractivity contribution in [3.8, 4) is 0 Å². The highest BCUT2D eigenvalue weighted by Gasteiger charge is 2.31. The summed E-state index contributed by atoms with van der Waals surface area (Å²) in [6, 6.07) is 1.96. The summed E-state index contributed by atoms with van der Waals surface area (Å²) in [5.41, 5.74) is 0. The number of likely N-dealkylation sites (N-methyl/N-ethyl adjacent to an activating group) is 1. The number of anilines is 2. The molecule has 0 spiro atoms. The molecule has 22 heavy (non-hydrogen) atoms. The molecular weight excluding hydrogens is 274 g/mol. The van der Waals surface area contributed by atoms with Gasteiger partial charge in [0.15, 0.2) is 0 Å². The molecule has 0 bridgehead atoms. The summed E-state index contributed by atoms with van der Waals surface area (Å²) in [5.74, 6) is 3.65. The van der Waals surface area contributed by atoms with E-state index in [1.165, 1.54) is 32.1 Å². The first-order chi connectivity index (χ1) is 10.7. The summed E-state index contributed by atoms with van der Waals surface area (Å²) in [6.07, 6.45) is 8.86. The number of piperidine rings is 1. The molecule has 0 amide bonds. The van der Waals surface area contributed by atoms with E-state index in [1.807, 2.05) is 12.3 Å². The van der Waals surface area contributed by atoms with Crippen LogP contribution in [0.5, 0.6) is 0 Å². The summed E-state index contributed by atoms with van der Waals surface area (Å²) < 4.78 is 0. The first-order valence-corrected chi connectivity index (χ1v) is 8.69. The molecule has 122 valence electrons. The molecule has 0 aromatic carbocycles. The molecular formula is C17H29N5. The van der Waals surface area contributed by atoms with E-state index < -0.39 is 0 Å². The molecule has 1 saturated carbocycles. The molecule has 2 unspecified atom stereocenters. The van der Waals surface area contributed by atoms with Crippen LogP contribution in [-0.2, 0) is 0 Å². The van der Waals surface area contributed by atoms with Crippen LogP contribution in [0.15, 0.2) is 12.3 Å². The average molecular weight is 303 g/mol. The Balaban J connectivity index is 1.59. The minimum Gasteiger partial charge on any atom is -0.369 e. The Morgan fingerprint density at radius 2 is 2.05 bits per heavy atom. The van der Waals surface area contributed by atoms with Gasteiger partial charge in [-0.2, -0.15) is 4.98 Å². The van der Waals surface area contributed by atoms with Crippen molar-refractivity contribution in [2.24, 2.45) is 11.8 Å². The zero-order valence-electron chi connectivity index (χ0n) is 14.0. The van der Waals surface area contributed by atoms with Crippen LogP contribution in [0.25, 0.3) is 0 Å². The summed E-state index contributed by atoms with van der Waals surface area (Å²) >= 11 is 0. The minimum absolute atomic E-state index is 0.858. The van der Waals surface area contributed by atoms with Gasteiger partial charge < -0.3 is 15.1 Å². The monoisotopic (exact) mass is 303 g/mol. The minimum atomic E-state index is 0.858. The number of nitrogens with one attached hydrogen (secondary N) is 1. The SMILES string of the molecule is CN(C)CCNc1ccnc(N2CCC3CCCCC3C2)n1. The first-order valence-electron chi connectivity index (χ1n) is 8.69. The van der Waals surface area contributed by atoms with Crippen molar-refractivity contribution in [1.29, 1.82) is 0 Å². The zero-order valence-corrected chi connectivity index (χ0v) is 14.0. The van der Waals surface area contributed by atoms with Gasteiger partial charge in [0, 0.05) is 32.4 Å². The highest BCUT2D eigenvalue weighted by Crippen LogP contribution is 2.36. The van der Waals surface area contributed by atoms with Gasteiger partial charge in [-0.05, 0) is 44.8 Å². The van der Waals surface area contributed by atoms with Crippen molar-refractivity contribution >= 4 is 11.8 Å². The smallest absolute Gasteiger partial charge is 0.227 e. The molecule has 5 heteroatoms. The van der Waals surface area contributed by atoms with Crippen LogP contribution in [-0.4, -0.2) is 55.1 Å². The summed E-state index contributed by atoms with van der Waals surface area (Å²) in [6.45, 7) is 4.18. The summed E-state index contributed by atoms with van der Waals surface area (Å²) in [4.78, 5) is 13.8. The normalized spacial score (nSPS) is 25.1. The Hall–Kier alpha value is -1.36. The maximum Gasteiger partial charge on any atom is 0.227 e. The van der Waals surface area contributed by atoms with Crippen molar-refractivity contribution in [1.82, 2.24) is 14.9 Å². The van der Waals surface area contributed by atoms with Gasteiger partial charge in [0.05, 0.1) is 0 Å². The van der Waals surface area contributed by atoms with Crippen molar-refractivity contribution in [2.75, 3.05) is 50.5 Å². The predicted molar refractivity (Wildman–Crippen MR) is 91.4 cm³/mol. The second-order valence-electron chi connectivity index (χ2n) is 7.01. The van der Waals surface area contributed by atoms with Crippen LogP contribution in [0.2, 0.25) is 0 Å². The molecule has 1 aromatic rings. The van der Waals surface area contributed by atoms with Crippen LogP contribution < -0.4 is 10.2 Å².